The van der Waals surface area contributed by atoms with Crippen LogP contribution in [0.2, 0.25) is 5.02 Å². The minimum absolute atomic E-state index is 0.186. The van der Waals surface area contributed by atoms with Gasteiger partial charge in [-0.25, -0.2) is 0 Å². The highest BCUT2D eigenvalue weighted by Gasteiger charge is 2.37. The second-order valence-corrected chi connectivity index (χ2v) is 8.18. The van der Waals surface area contributed by atoms with Gasteiger partial charge in [0.15, 0.2) is 0 Å². The Bertz CT molecular complexity index is 873. The fourth-order valence-corrected chi connectivity index (χ4v) is 4.67. The highest BCUT2D eigenvalue weighted by atomic mass is 35.5. The zero-order valence-corrected chi connectivity index (χ0v) is 16.6. The number of amides is 1. The van der Waals surface area contributed by atoms with E-state index in [0.717, 1.165) is 38.8 Å². The molecule has 2 aromatic carbocycles. The van der Waals surface area contributed by atoms with Crippen LogP contribution in [0.3, 0.4) is 0 Å². The molecular formula is C22H26ClN3O2. The number of primary amides is 1. The number of hydrogen-bond acceptors (Lipinski definition) is 4. The second kappa shape index (κ2) is 8.11. The lowest BCUT2D eigenvalue weighted by Crippen LogP contribution is -2.51. The van der Waals surface area contributed by atoms with Gasteiger partial charge in [0.1, 0.15) is 11.9 Å². The van der Waals surface area contributed by atoms with Gasteiger partial charge >= 0.3 is 0 Å². The van der Waals surface area contributed by atoms with Crippen LogP contribution >= 0.6 is 11.6 Å². The number of nitrogens with zero attached hydrogens (tertiary/aromatic N) is 1. The molecule has 0 aromatic heterocycles. The highest BCUT2D eigenvalue weighted by molar-refractivity contribution is 6.31. The predicted molar refractivity (Wildman–Crippen MR) is 111 cm³/mol. The first-order valence-electron chi connectivity index (χ1n) is 9.86. The minimum atomic E-state index is -0.543. The van der Waals surface area contributed by atoms with Crippen LogP contribution in [0.4, 0.5) is 0 Å². The first kappa shape index (κ1) is 19.2. The molecule has 28 heavy (non-hydrogen) atoms. The van der Waals surface area contributed by atoms with Crippen molar-refractivity contribution in [2.45, 2.75) is 43.9 Å². The van der Waals surface area contributed by atoms with Gasteiger partial charge in [-0.3, -0.25) is 9.69 Å². The molecule has 1 heterocycles. The van der Waals surface area contributed by atoms with E-state index in [1.54, 1.807) is 18.2 Å². The molecule has 0 spiro atoms. The van der Waals surface area contributed by atoms with E-state index < -0.39 is 5.91 Å². The van der Waals surface area contributed by atoms with Gasteiger partial charge in [-0.15, -0.1) is 0 Å². The fourth-order valence-electron chi connectivity index (χ4n) is 4.49. The van der Waals surface area contributed by atoms with Gasteiger partial charge in [-0.05, 0) is 61.6 Å². The van der Waals surface area contributed by atoms with E-state index in [9.17, 15) is 4.79 Å². The van der Waals surface area contributed by atoms with E-state index in [2.05, 4.69) is 23.1 Å². The monoisotopic (exact) mass is 399 g/mol. The topological polar surface area (TPSA) is 81.6 Å². The van der Waals surface area contributed by atoms with Crippen LogP contribution < -0.4 is 16.2 Å². The summed E-state index contributed by atoms with van der Waals surface area (Å²) in [5, 5.41) is 0.462. The average molecular weight is 400 g/mol. The third kappa shape index (κ3) is 3.88. The maximum absolute atomic E-state index is 11.9. The fraction of sp³-hybridized carbons (Fsp3) is 0.409. The third-order valence-electron chi connectivity index (χ3n) is 5.84. The van der Waals surface area contributed by atoms with Crippen LogP contribution in [-0.4, -0.2) is 36.0 Å². The number of carbonyl (C=O) groups excluding carboxylic acids is 1. The van der Waals surface area contributed by atoms with E-state index in [1.165, 1.54) is 11.1 Å². The van der Waals surface area contributed by atoms with Crippen LogP contribution in [0.25, 0.3) is 0 Å². The molecule has 3 atom stereocenters. The van der Waals surface area contributed by atoms with Crippen molar-refractivity contribution in [3.8, 4) is 5.75 Å². The molecule has 1 fully saturated rings. The summed E-state index contributed by atoms with van der Waals surface area (Å²) >= 11 is 6.07. The summed E-state index contributed by atoms with van der Waals surface area (Å²) in [5.74, 6) is -0.0666. The zero-order valence-electron chi connectivity index (χ0n) is 15.8. The molecule has 1 amide bonds. The number of hydrogen-bond donors (Lipinski definition) is 2. The van der Waals surface area contributed by atoms with Crippen LogP contribution in [-0.2, 0) is 6.42 Å². The van der Waals surface area contributed by atoms with Crippen molar-refractivity contribution >= 4 is 17.5 Å². The molecule has 0 bridgehead atoms. The van der Waals surface area contributed by atoms with E-state index in [-0.39, 0.29) is 18.2 Å². The van der Waals surface area contributed by atoms with Crippen molar-refractivity contribution in [1.82, 2.24) is 4.90 Å². The third-order valence-corrected chi connectivity index (χ3v) is 6.07. The Morgan fingerprint density at radius 3 is 2.79 bits per heavy atom. The molecule has 4 rings (SSSR count). The second-order valence-electron chi connectivity index (χ2n) is 7.75. The molecule has 2 aliphatic rings. The molecule has 1 aliphatic heterocycles. The average Bonchev–Trinajstić information content (AvgIpc) is 2.69. The summed E-state index contributed by atoms with van der Waals surface area (Å²) in [6.45, 7) is 1.89. The maximum atomic E-state index is 11.9. The lowest BCUT2D eigenvalue weighted by Gasteiger charge is -2.43. The molecule has 5 nitrogen and oxygen atoms in total. The lowest BCUT2D eigenvalue weighted by atomic mass is 9.84. The number of aryl methyl sites for hydroxylation is 1. The first-order valence-corrected chi connectivity index (χ1v) is 10.2. The SMILES string of the molecule is NC(=O)c1cc(Cl)ccc1O[C@H]1c2ccccc2CC[C@@H]1N1CCC[C@H](N)C1. The molecule has 4 N–H and O–H groups in total. The molecular weight excluding hydrogens is 374 g/mol. The van der Waals surface area contributed by atoms with E-state index in [4.69, 9.17) is 27.8 Å². The minimum Gasteiger partial charge on any atom is -0.483 e. The zero-order chi connectivity index (χ0) is 19.7. The molecule has 0 saturated carbocycles. The van der Waals surface area contributed by atoms with Crippen molar-refractivity contribution in [1.29, 1.82) is 0 Å². The Morgan fingerprint density at radius 1 is 1.18 bits per heavy atom. The summed E-state index contributed by atoms with van der Waals surface area (Å²) < 4.78 is 6.49. The van der Waals surface area contributed by atoms with Gasteiger partial charge in [0.2, 0.25) is 0 Å². The first-order chi connectivity index (χ1) is 13.5. The molecule has 6 heteroatoms. The molecule has 2 aromatic rings. The highest BCUT2D eigenvalue weighted by Crippen LogP contribution is 2.38. The van der Waals surface area contributed by atoms with Crippen molar-refractivity contribution in [2.24, 2.45) is 11.5 Å². The summed E-state index contributed by atoms with van der Waals surface area (Å²) in [5.41, 5.74) is 14.6. The number of carbonyl (C=O) groups is 1. The lowest BCUT2D eigenvalue weighted by molar-refractivity contribution is 0.0362. The number of piperidine rings is 1. The van der Waals surface area contributed by atoms with Crippen molar-refractivity contribution in [3.05, 3.63) is 64.2 Å². The maximum Gasteiger partial charge on any atom is 0.252 e. The van der Waals surface area contributed by atoms with Crippen LogP contribution in [0.5, 0.6) is 5.75 Å². The number of rotatable bonds is 4. The van der Waals surface area contributed by atoms with Crippen LogP contribution in [0.15, 0.2) is 42.5 Å². The Morgan fingerprint density at radius 2 is 2.00 bits per heavy atom. The van der Waals surface area contributed by atoms with Crippen molar-refractivity contribution in [2.75, 3.05) is 13.1 Å². The Hall–Kier alpha value is -2.08. The van der Waals surface area contributed by atoms with E-state index in [0.29, 0.717) is 16.3 Å². The van der Waals surface area contributed by atoms with Gasteiger partial charge in [-0.1, -0.05) is 35.9 Å². The predicted octanol–water partition coefficient (Wildman–Crippen LogP) is 3.30. The Kier molecular flexibility index (Phi) is 5.58. The van der Waals surface area contributed by atoms with Gasteiger partial charge in [0.05, 0.1) is 11.6 Å². The quantitative estimate of drug-likeness (QED) is 0.826. The van der Waals surface area contributed by atoms with Gasteiger partial charge in [0.25, 0.3) is 5.91 Å². The van der Waals surface area contributed by atoms with Crippen molar-refractivity contribution < 1.29 is 9.53 Å². The molecule has 0 radical (unpaired) electrons. The normalized spacial score (nSPS) is 25.1. The standard InChI is InChI=1S/C22H26ClN3O2/c23-15-8-10-20(18(12-15)22(25)27)28-21-17-6-2-1-4-14(17)7-9-19(21)26-11-3-5-16(24)13-26/h1-2,4,6,8,10,12,16,19,21H,3,5,7,9,11,13,24H2,(H2,25,27)/t16-,19-,21-/m0/s1. The summed E-state index contributed by atoms with van der Waals surface area (Å²) in [6.07, 6.45) is 3.98. The summed E-state index contributed by atoms with van der Waals surface area (Å²) in [7, 11) is 0. The molecule has 1 aliphatic carbocycles. The Labute approximate surface area is 170 Å². The van der Waals surface area contributed by atoms with Gasteiger partial charge < -0.3 is 16.2 Å². The van der Waals surface area contributed by atoms with E-state index in [1.807, 2.05) is 6.07 Å². The number of benzene rings is 2. The summed E-state index contributed by atoms with van der Waals surface area (Å²) in [6, 6.07) is 13.8. The molecule has 1 saturated heterocycles. The van der Waals surface area contributed by atoms with Gasteiger partial charge in [-0.2, -0.15) is 0 Å². The van der Waals surface area contributed by atoms with Gasteiger partial charge in [0, 0.05) is 17.6 Å². The van der Waals surface area contributed by atoms with Crippen LogP contribution in [0.1, 0.15) is 46.9 Å². The van der Waals surface area contributed by atoms with E-state index >= 15 is 0 Å². The largest absolute Gasteiger partial charge is 0.483 e. The molecule has 0 unspecified atom stereocenters. The Balaban J connectivity index is 1.71. The number of likely N-dealkylation sites (tertiary alicyclic amines) is 1. The molecule has 148 valence electrons. The summed E-state index contributed by atoms with van der Waals surface area (Å²) in [4.78, 5) is 14.4. The number of fused-ring (bicyclic) bond motifs is 1. The van der Waals surface area contributed by atoms with Crippen LogP contribution in [0, 0.1) is 0 Å². The number of ether oxygens (including phenoxy) is 1. The number of halogens is 1. The van der Waals surface area contributed by atoms with Crippen molar-refractivity contribution in [3.63, 3.8) is 0 Å². The smallest absolute Gasteiger partial charge is 0.252 e. The number of nitrogens with two attached hydrogens (primary N) is 2.